The molecule has 2 aromatic carbocycles. The number of carboxylic acids is 1. The van der Waals surface area contributed by atoms with Crippen molar-refractivity contribution in [2.45, 2.75) is 13.1 Å². The third kappa shape index (κ3) is 6.67. The van der Waals surface area contributed by atoms with Gasteiger partial charge in [-0.05, 0) is 17.2 Å². The number of rotatable bonds is 9. The molecule has 1 heterocycles. The van der Waals surface area contributed by atoms with E-state index in [1.807, 2.05) is 60.7 Å². The lowest BCUT2D eigenvalue weighted by Crippen LogP contribution is -2.26. The fourth-order valence-electron chi connectivity index (χ4n) is 2.71. The monoisotopic (exact) mass is 419 g/mol. The largest absolute Gasteiger partial charge is 0.479 e. The van der Waals surface area contributed by atoms with E-state index < -0.39 is 24.4 Å². The van der Waals surface area contributed by atoms with E-state index in [-0.39, 0.29) is 23.7 Å². The molecular weight excluding hydrogens is 398 g/mol. The molecule has 3 rings (SSSR count). The molecule has 0 saturated carbocycles. The summed E-state index contributed by atoms with van der Waals surface area (Å²) in [5, 5.41) is 14.3. The molecule has 31 heavy (non-hydrogen) atoms. The highest BCUT2D eigenvalue weighted by molar-refractivity contribution is 5.98. The van der Waals surface area contributed by atoms with Crippen LogP contribution in [0.1, 0.15) is 32.0 Å². The highest BCUT2D eigenvalue weighted by Crippen LogP contribution is 2.14. The summed E-state index contributed by atoms with van der Waals surface area (Å²) in [6, 6.07) is 21.3. The predicted octanol–water partition coefficient (Wildman–Crippen LogP) is 2.41. The second-order valence-electron chi connectivity index (χ2n) is 6.60. The number of nitrogens with zero attached hydrogens (tertiary/aromatic N) is 1. The maximum Gasteiger partial charge on any atom is 0.341 e. The fraction of sp³-hybridized carbons (Fsp3) is 0.130. The van der Waals surface area contributed by atoms with Crippen molar-refractivity contribution in [1.82, 2.24) is 15.6 Å². The van der Waals surface area contributed by atoms with Crippen molar-refractivity contribution in [1.29, 1.82) is 0 Å². The van der Waals surface area contributed by atoms with Crippen molar-refractivity contribution in [2.75, 3.05) is 6.61 Å². The lowest BCUT2D eigenvalue weighted by Gasteiger charge is -2.11. The number of carboxylic acid groups (broad SMARTS) is 1. The molecule has 158 valence electrons. The third-order valence-corrected chi connectivity index (χ3v) is 4.23. The van der Waals surface area contributed by atoms with Crippen LogP contribution in [0.4, 0.5) is 0 Å². The molecule has 0 atom stereocenters. The van der Waals surface area contributed by atoms with Gasteiger partial charge in [0.05, 0.1) is 0 Å². The van der Waals surface area contributed by atoms with Gasteiger partial charge in [-0.15, -0.1) is 0 Å². The van der Waals surface area contributed by atoms with Gasteiger partial charge in [-0.25, -0.2) is 9.78 Å². The van der Waals surface area contributed by atoms with Crippen molar-refractivity contribution in [3.8, 4) is 5.88 Å². The lowest BCUT2D eigenvalue weighted by molar-refractivity contribution is -0.139. The molecule has 0 aliphatic carbocycles. The Balaban J connectivity index is 1.75. The van der Waals surface area contributed by atoms with Crippen LogP contribution in [0, 0.1) is 0 Å². The van der Waals surface area contributed by atoms with E-state index in [0.29, 0.717) is 6.54 Å². The zero-order valence-corrected chi connectivity index (χ0v) is 16.6. The van der Waals surface area contributed by atoms with Crippen LogP contribution >= 0.6 is 0 Å². The van der Waals surface area contributed by atoms with Crippen LogP contribution in [-0.2, 0) is 17.9 Å². The predicted molar refractivity (Wildman–Crippen MR) is 113 cm³/mol. The Morgan fingerprint density at radius 3 is 1.90 bits per heavy atom. The lowest BCUT2D eigenvalue weighted by atomic mass is 10.1. The summed E-state index contributed by atoms with van der Waals surface area (Å²) in [4.78, 5) is 40.1. The summed E-state index contributed by atoms with van der Waals surface area (Å²) >= 11 is 0. The van der Waals surface area contributed by atoms with Gasteiger partial charge in [0.2, 0.25) is 5.88 Å². The average molecular weight is 419 g/mol. The van der Waals surface area contributed by atoms with Gasteiger partial charge >= 0.3 is 5.97 Å². The van der Waals surface area contributed by atoms with E-state index in [4.69, 9.17) is 9.84 Å². The number of nitrogens with one attached hydrogen (secondary N) is 2. The second-order valence-corrected chi connectivity index (χ2v) is 6.60. The molecule has 8 heteroatoms. The molecule has 0 aliphatic rings. The summed E-state index contributed by atoms with van der Waals surface area (Å²) < 4.78 is 5.10. The summed E-state index contributed by atoms with van der Waals surface area (Å²) in [6.45, 7) is -0.0763. The van der Waals surface area contributed by atoms with Crippen LogP contribution in [0.15, 0.2) is 72.8 Å². The van der Waals surface area contributed by atoms with Gasteiger partial charge in [-0.3, -0.25) is 9.59 Å². The smallest absolute Gasteiger partial charge is 0.341 e. The molecule has 1 aromatic heterocycles. The second kappa shape index (κ2) is 10.5. The molecule has 3 aromatic rings. The number of aromatic nitrogens is 1. The Labute approximate surface area is 178 Å². The van der Waals surface area contributed by atoms with Gasteiger partial charge in [0.15, 0.2) is 6.61 Å². The van der Waals surface area contributed by atoms with E-state index in [9.17, 15) is 14.4 Å². The van der Waals surface area contributed by atoms with Crippen molar-refractivity contribution in [2.24, 2.45) is 0 Å². The molecule has 0 unspecified atom stereocenters. The summed E-state index contributed by atoms with van der Waals surface area (Å²) in [5.41, 5.74) is 1.89. The normalized spacial score (nSPS) is 10.2. The molecule has 0 radical (unpaired) electrons. The first-order valence-electron chi connectivity index (χ1n) is 9.52. The number of hydrogen-bond acceptors (Lipinski definition) is 5. The molecule has 2 amide bonds. The van der Waals surface area contributed by atoms with Crippen molar-refractivity contribution in [3.05, 3.63) is 95.2 Å². The Morgan fingerprint density at radius 1 is 0.806 bits per heavy atom. The number of pyridine rings is 1. The number of carbonyl (C=O) groups excluding carboxylic acids is 2. The van der Waals surface area contributed by atoms with Crippen LogP contribution in [0.25, 0.3) is 0 Å². The summed E-state index contributed by atoms with van der Waals surface area (Å²) in [7, 11) is 0. The van der Waals surface area contributed by atoms with Gasteiger partial charge < -0.3 is 20.5 Å². The first-order valence-corrected chi connectivity index (χ1v) is 9.52. The molecule has 8 nitrogen and oxygen atoms in total. The minimum atomic E-state index is -1.20. The molecule has 0 aliphatic heterocycles. The van der Waals surface area contributed by atoms with Crippen LogP contribution in [0.5, 0.6) is 5.88 Å². The van der Waals surface area contributed by atoms with Crippen LogP contribution in [0.3, 0.4) is 0 Å². The first-order chi connectivity index (χ1) is 15.0. The summed E-state index contributed by atoms with van der Waals surface area (Å²) in [5.74, 6) is -2.28. The van der Waals surface area contributed by atoms with Gasteiger partial charge in [0.1, 0.15) is 5.69 Å². The van der Waals surface area contributed by atoms with Gasteiger partial charge in [-0.1, -0.05) is 60.7 Å². The van der Waals surface area contributed by atoms with E-state index in [0.717, 1.165) is 11.1 Å². The minimum Gasteiger partial charge on any atom is -0.479 e. The molecule has 0 fully saturated rings. The van der Waals surface area contributed by atoms with Crippen LogP contribution < -0.4 is 15.4 Å². The third-order valence-electron chi connectivity index (χ3n) is 4.23. The minimum absolute atomic E-state index is 0.0521. The standard InChI is InChI=1S/C23H21N3O5/c27-21(28)15-31-20-12-18(22(29)24-13-16-7-3-1-4-8-16)11-19(26-20)23(30)25-14-17-9-5-2-6-10-17/h1-12H,13-15H2,(H,24,29)(H,25,30)(H,27,28). The average Bonchev–Trinajstić information content (AvgIpc) is 2.80. The Morgan fingerprint density at radius 2 is 1.35 bits per heavy atom. The Hall–Kier alpha value is -4.20. The Kier molecular flexibility index (Phi) is 7.31. The zero-order chi connectivity index (χ0) is 22.1. The van der Waals surface area contributed by atoms with Crippen molar-refractivity contribution >= 4 is 17.8 Å². The highest BCUT2D eigenvalue weighted by Gasteiger charge is 2.16. The quantitative estimate of drug-likeness (QED) is 0.490. The van der Waals surface area contributed by atoms with Crippen molar-refractivity contribution < 1.29 is 24.2 Å². The number of amides is 2. The molecule has 0 spiro atoms. The zero-order valence-electron chi connectivity index (χ0n) is 16.6. The first kappa shape index (κ1) is 21.5. The van der Waals surface area contributed by atoms with Gasteiger partial charge in [0, 0.05) is 24.7 Å². The molecule has 0 bridgehead atoms. The number of hydrogen-bond donors (Lipinski definition) is 3. The van der Waals surface area contributed by atoms with Gasteiger partial charge in [-0.2, -0.15) is 0 Å². The SMILES string of the molecule is O=C(O)COc1cc(C(=O)NCc2ccccc2)cc(C(=O)NCc2ccccc2)n1. The van der Waals surface area contributed by atoms with E-state index >= 15 is 0 Å². The van der Waals surface area contributed by atoms with Gasteiger partial charge in [0.25, 0.3) is 11.8 Å². The topological polar surface area (TPSA) is 118 Å². The summed E-state index contributed by atoms with van der Waals surface area (Å²) in [6.07, 6.45) is 0. The van der Waals surface area contributed by atoms with E-state index in [2.05, 4.69) is 15.6 Å². The number of benzene rings is 2. The number of ether oxygens (including phenoxy) is 1. The maximum atomic E-state index is 12.6. The molecule has 3 N–H and O–H groups in total. The number of aliphatic carboxylic acids is 1. The van der Waals surface area contributed by atoms with E-state index in [1.54, 1.807) is 0 Å². The van der Waals surface area contributed by atoms with Crippen LogP contribution in [-0.4, -0.2) is 34.5 Å². The maximum absolute atomic E-state index is 12.6. The van der Waals surface area contributed by atoms with E-state index in [1.165, 1.54) is 12.1 Å². The Bertz CT molecular complexity index is 982. The van der Waals surface area contributed by atoms with Crippen LogP contribution in [0.2, 0.25) is 0 Å². The molecular formula is C23H21N3O5. The fourth-order valence-corrected chi connectivity index (χ4v) is 2.71. The number of carbonyl (C=O) groups is 3. The highest BCUT2D eigenvalue weighted by atomic mass is 16.5. The van der Waals surface area contributed by atoms with Crippen molar-refractivity contribution in [3.63, 3.8) is 0 Å². The molecule has 0 saturated heterocycles.